The molecule has 0 bridgehead atoms. The van der Waals surface area contributed by atoms with Crippen molar-refractivity contribution in [3.63, 3.8) is 0 Å². The van der Waals surface area contributed by atoms with Crippen molar-refractivity contribution in [3.8, 4) is 0 Å². The van der Waals surface area contributed by atoms with Crippen molar-refractivity contribution in [1.29, 1.82) is 0 Å². The van der Waals surface area contributed by atoms with E-state index in [2.05, 4.69) is 5.32 Å². The van der Waals surface area contributed by atoms with Gasteiger partial charge in [-0.15, -0.1) is 0 Å². The molecule has 1 aliphatic rings. The Kier molecular flexibility index (Phi) is 4.39. The van der Waals surface area contributed by atoms with E-state index in [1.54, 1.807) is 29.2 Å². The highest BCUT2D eigenvalue weighted by Gasteiger charge is 2.23. The fraction of sp³-hybridized carbons (Fsp3) is 0.429. The summed E-state index contributed by atoms with van der Waals surface area (Å²) in [5.74, 6) is -1.62. The SMILES string of the molecule is O=C(O)C(CNC(=O)N1CCCC1)c1ccccc1. The maximum atomic E-state index is 11.8. The lowest BCUT2D eigenvalue weighted by atomic mass is 9.99. The van der Waals surface area contributed by atoms with Gasteiger partial charge in [-0.3, -0.25) is 4.79 Å². The van der Waals surface area contributed by atoms with Gasteiger partial charge in [-0.25, -0.2) is 4.79 Å². The van der Waals surface area contributed by atoms with Crippen LogP contribution in [0.4, 0.5) is 4.79 Å². The van der Waals surface area contributed by atoms with E-state index < -0.39 is 11.9 Å². The zero-order valence-corrected chi connectivity index (χ0v) is 10.7. The van der Waals surface area contributed by atoms with Gasteiger partial charge in [-0.2, -0.15) is 0 Å². The number of carboxylic acid groups (broad SMARTS) is 1. The third kappa shape index (κ3) is 3.47. The Labute approximate surface area is 112 Å². The molecule has 2 amide bonds. The van der Waals surface area contributed by atoms with Gasteiger partial charge in [0.1, 0.15) is 0 Å². The lowest BCUT2D eigenvalue weighted by Crippen LogP contribution is -2.40. The van der Waals surface area contributed by atoms with Crippen LogP contribution < -0.4 is 5.32 Å². The first-order valence-corrected chi connectivity index (χ1v) is 6.49. The number of hydrogen-bond donors (Lipinski definition) is 2. The lowest BCUT2D eigenvalue weighted by molar-refractivity contribution is -0.138. The van der Waals surface area contributed by atoms with E-state index in [9.17, 15) is 14.7 Å². The van der Waals surface area contributed by atoms with Crippen LogP contribution in [-0.4, -0.2) is 41.6 Å². The van der Waals surface area contributed by atoms with E-state index in [0.717, 1.165) is 25.9 Å². The Morgan fingerprint density at radius 2 is 1.84 bits per heavy atom. The van der Waals surface area contributed by atoms with Crippen LogP contribution in [0.15, 0.2) is 30.3 Å². The number of carbonyl (C=O) groups is 2. The minimum atomic E-state index is -0.923. The monoisotopic (exact) mass is 262 g/mol. The van der Waals surface area contributed by atoms with Gasteiger partial charge in [0.25, 0.3) is 0 Å². The fourth-order valence-electron chi connectivity index (χ4n) is 2.25. The number of urea groups is 1. The van der Waals surface area contributed by atoms with Gasteiger partial charge in [-0.05, 0) is 18.4 Å². The molecule has 1 unspecified atom stereocenters. The normalized spacial score (nSPS) is 16.1. The summed E-state index contributed by atoms with van der Waals surface area (Å²) in [6.45, 7) is 1.64. The maximum Gasteiger partial charge on any atom is 0.317 e. The van der Waals surface area contributed by atoms with Crippen molar-refractivity contribution in [2.45, 2.75) is 18.8 Å². The minimum Gasteiger partial charge on any atom is -0.481 e. The number of nitrogens with one attached hydrogen (secondary N) is 1. The summed E-state index contributed by atoms with van der Waals surface area (Å²) in [6, 6.07) is 8.80. The van der Waals surface area contributed by atoms with E-state index in [1.807, 2.05) is 6.07 Å². The van der Waals surface area contributed by atoms with Crippen molar-refractivity contribution in [2.75, 3.05) is 19.6 Å². The second kappa shape index (κ2) is 6.22. The van der Waals surface area contributed by atoms with Crippen LogP contribution in [0.25, 0.3) is 0 Å². The molecule has 1 fully saturated rings. The van der Waals surface area contributed by atoms with Crippen LogP contribution in [0.1, 0.15) is 24.3 Å². The van der Waals surface area contributed by atoms with Gasteiger partial charge in [0.05, 0.1) is 5.92 Å². The first-order chi connectivity index (χ1) is 9.18. The quantitative estimate of drug-likeness (QED) is 0.867. The number of hydrogen-bond acceptors (Lipinski definition) is 2. The largest absolute Gasteiger partial charge is 0.481 e. The molecule has 1 aromatic rings. The van der Waals surface area contributed by atoms with Crippen molar-refractivity contribution < 1.29 is 14.7 Å². The van der Waals surface area contributed by atoms with Crippen molar-refractivity contribution >= 4 is 12.0 Å². The van der Waals surface area contributed by atoms with E-state index in [0.29, 0.717) is 5.56 Å². The molecule has 0 radical (unpaired) electrons. The Balaban J connectivity index is 1.94. The Morgan fingerprint density at radius 3 is 2.42 bits per heavy atom. The van der Waals surface area contributed by atoms with Gasteiger partial charge in [0, 0.05) is 19.6 Å². The summed E-state index contributed by atoms with van der Waals surface area (Å²) >= 11 is 0. The maximum absolute atomic E-state index is 11.8. The number of rotatable bonds is 4. The summed E-state index contributed by atoms with van der Waals surface area (Å²) in [7, 11) is 0. The molecular formula is C14H18N2O3. The molecule has 1 aliphatic heterocycles. The number of benzene rings is 1. The molecule has 0 aliphatic carbocycles. The van der Waals surface area contributed by atoms with E-state index >= 15 is 0 Å². The number of nitrogens with zero attached hydrogens (tertiary/aromatic N) is 1. The summed E-state index contributed by atoms with van der Waals surface area (Å²) < 4.78 is 0. The van der Waals surface area contributed by atoms with Gasteiger partial charge >= 0.3 is 12.0 Å². The second-order valence-electron chi connectivity index (χ2n) is 4.68. The molecule has 1 atom stereocenters. The number of carboxylic acids is 1. The Bertz CT molecular complexity index is 441. The summed E-state index contributed by atoms with van der Waals surface area (Å²) in [5, 5.41) is 12.0. The molecule has 2 N–H and O–H groups in total. The van der Waals surface area contributed by atoms with Crippen LogP contribution in [0, 0.1) is 0 Å². The molecule has 5 nitrogen and oxygen atoms in total. The predicted molar refractivity (Wildman–Crippen MR) is 71.0 cm³/mol. The first-order valence-electron chi connectivity index (χ1n) is 6.49. The fourth-order valence-corrected chi connectivity index (χ4v) is 2.25. The molecule has 1 heterocycles. The van der Waals surface area contributed by atoms with Gasteiger partial charge in [0.15, 0.2) is 0 Å². The topological polar surface area (TPSA) is 69.6 Å². The third-order valence-electron chi connectivity index (χ3n) is 3.35. The molecule has 0 saturated carbocycles. The number of amides is 2. The van der Waals surface area contributed by atoms with Crippen LogP contribution in [0.2, 0.25) is 0 Å². The molecule has 2 rings (SSSR count). The average molecular weight is 262 g/mol. The summed E-state index contributed by atoms with van der Waals surface area (Å²) in [5.41, 5.74) is 0.705. The number of likely N-dealkylation sites (tertiary alicyclic amines) is 1. The van der Waals surface area contributed by atoms with Crippen LogP contribution in [0.3, 0.4) is 0 Å². The molecule has 0 aromatic heterocycles. The highest BCUT2D eigenvalue weighted by atomic mass is 16.4. The van der Waals surface area contributed by atoms with Gasteiger partial charge in [-0.1, -0.05) is 30.3 Å². The Hall–Kier alpha value is -2.04. The average Bonchev–Trinajstić information content (AvgIpc) is 2.93. The molecule has 102 valence electrons. The summed E-state index contributed by atoms with van der Waals surface area (Å²) in [4.78, 5) is 24.8. The Morgan fingerprint density at radius 1 is 1.21 bits per heavy atom. The summed E-state index contributed by atoms with van der Waals surface area (Å²) in [6.07, 6.45) is 2.04. The van der Waals surface area contributed by atoms with E-state index in [4.69, 9.17) is 0 Å². The lowest BCUT2D eigenvalue weighted by Gasteiger charge is -2.19. The molecule has 0 spiro atoms. The van der Waals surface area contributed by atoms with Crippen molar-refractivity contribution in [2.24, 2.45) is 0 Å². The highest BCUT2D eigenvalue weighted by molar-refractivity contribution is 5.79. The van der Waals surface area contributed by atoms with Crippen molar-refractivity contribution in [3.05, 3.63) is 35.9 Å². The van der Waals surface area contributed by atoms with Crippen LogP contribution in [-0.2, 0) is 4.79 Å². The van der Waals surface area contributed by atoms with Crippen molar-refractivity contribution in [1.82, 2.24) is 10.2 Å². The predicted octanol–water partition coefficient (Wildman–Crippen LogP) is 1.66. The molecular weight excluding hydrogens is 244 g/mol. The van der Waals surface area contributed by atoms with E-state index in [-0.39, 0.29) is 12.6 Å². The minimum absolute atomic E-state index is 0.120. The molecule has 1 aromatic carbocycles. The molecule has 19 heavy (non-hydrogen) atoms. The van der Waals surface area contributed by atoms with E-state index in [1.165, 1.54) is 0 Å². The van der Waals surface area contributed by atoms with Gasteiger partial charge in [0.2, 0.25) is 0 Å². The van der Waals surface area contributed by atoms with Gasteiger partial charge < -0.3 is 15.3 Å². The zero-order valence-electron chi connectivity index (χ0n) is 10.7. The standard InChI is InChI=1S/C14H18N2O3/c17-13(18)12(11-6-2-1-3-7-11)10-15-14(19)16-8-4-5-9-16/h1-3,6-7,12H,4-5,8-10H2,(H,15,19)(H,17,18). The zero-order chi connectivity index (χ0) is 13.7. The van der Waals surface area contributed by atoms with Crippen LogP contribution in [0.5, 0.6) is 0 Å². The third-order valence-corrected chi connectivity index (χ3v) is 3.35. The smallest absolute Gasteiger partial charge is 0.317 e. The second-order valence-corrected chi connectivity index (χ2v) is 4.68. The molecule has 1 saturated heterocycles. The van der Waals surface area contributed by atoms with Crippen LogP contribution >= 0.6 is 0 Å². The highest BCUT2D eigenvalue weighted by Crippen LogP contribution is 2.15. The number of carbonyl (C=O) groups excluding carboxylic acids is 1. The number of aliphatic carboxylic acids is 1. The molecule has 5 heteroatoms. The first kappa shape index (κ1) is 13.4.